The summed E-state index contributed by atoms with van der Waals surface area (Å²) >= 11 is 11.5. The van der Waals surface area contributed by atoms with Gasteiger partial charge in [-0.3, -0.25) is 9.59 Å². The largest absolute Gasteiger partial charge is 0.344 e. The maximum absolute atomic E-state index is 11.6. The second-order valence-corrected chi connectivity index (χ2v) is 5.43. The number of carbonyl (C=O) groups is 2. The van der Waals surface area contributed by atoms with Crippen LogP contribution in [0, 0.1) is 0 Å². The number of nitrogens with zero attached hydrogens (tertiary/aromatic N) is 1. The van der Waals surface area contributed by atoms with Gasteiger partial charge in [0.15, 0.2) is 0 Å². The molecule has 2 aromatic rings. The zero-order valence-electron chi connectivity index (χ0n) is 11.9. The van der Waals surface area contributed by atoms with Crippen molar-refractivity contribution in [3.8, 4) is 0 Å². The Morgan fingerprint density at radius 3 is 2.09 bits per heavy atom. The highest BCUT2D eigenvalue weighted by Crippen LogP contribution is 2.09. The highest BCUT2D eigenvalue weighted by molar-refractivity contribution is 6.35. The molecule has 0 heterocycles. The monoisotopic (exact) mass is 349 g/mol. The Bertz CT molecular complexity index is 713. The van der Waals surface area contributed by atoms with E-state index in [2.05, 4.69) is 15.8 Å². The molecule has 0 aliphatic heterocycles. The molecule has 0 radical (unpaired) electrons. The van der Waals surface area contributed by atoms with Crippen LogP contribution in [0.5, 0.6) is 0 Å². The molecule has 0 aliphatic rings. The summed E-state index contributed by atoms with van der Waals surface area (Å²) in [6, 6.07) is 13.8. The first-order valence-electron chi connectivity index (χ1n) is 6.66. The highest BCUT2D eigenvalue weighted by Gasteiger charge is 2.11. The van der Waals surface area contributed by atoms with Gasteiger partial charge in [0, 0.05) is 16.6 Å². The Morgan fingerprint density at radius 2 is 1.48 bits per heavy atom. The fourth-order valence-corrected chi connectivity index (χ4v) is 1.88. The third kappa shape index (κ3) is 5.73. The van der Waals surface area contributed by atoms with Crippen molar-refractivity contribution in [1.82, 2.24) is 10.7 Å². The van der Waals surface area contributed by atoms with Crippen LogP contribution in [-0.2, 0) is 16.1 Å². The summed E-state index contributed by atoms with van der Waals surface area (Å²) < 4.78 is 0. The highest BCUT2D eigenvalue weighted by atomic mass is 35.5. The van der Waals surface area contributed by atoms with Crippen LogP contribution in [0.25, 0.3) is 0 Å². The van der Waals surface area contributed by atoms with Crippen LogP contribution in [0.15, 0.2) is 53.6 Å². The minimum atomic E-state index is -0.843. The zero-order valence-corrected chi connectivity index (χ0v) is 13.4. The minimum Gasteiger partial charge on any atom is -0.344 e. The molecule has 0 saturated heterocycles. The van der Waals surface area contributed by atoms with Crippen molar-refractivity contribution in [2.75, 3.05) is 0 Å². The van der Waals surface area contributed by atoms with Gasteiger partial charge in [-0.15, -0.1) is 0 Å². The molecule has 7 heteroatoms. The number of benzene rings is 2. The average molecular weight is 350 g/mol. The minimum absolute atomic E-state index is 0.227. The van der Waals surface area contributed by atoms with Crippen LogP contribution >= 0.6 is 23.2 Å². The fraction of sp³-hybridized carbons (Fsp3) is 0.0625. The predicted octanol–water partition coefficient (Wildman–Crippen LogP) is 2.76. The van der Waals surface area contributed by atoms with Gasteiger partial charge < -0.3 is 5.32 Å². The molecule has 0 unspecified atom stereocenters. The van der Waals surface area contributed by atoms with Gasteiger partial charge in [0.2, 0.25) is 0 Å². The quantitative estimate of drug-likeness (QED) is 0.506. The summed E-state index contributed by atoms with van der Waals surface area (Å²) in [5, 5.41) is 7.41. The van der Waals surface area contributed by atoms with E-state index in [-0.39, 0.29) is 6.54 Å². The van der Waals surface area contributed by atoms with E-state index in [9.17, 15) is 9.59 Å². The van der Waals surface area contributed by atoms with E-state index in [0.717, 1.165) is 11.1 Å². The number of hydrazone groups is 1. The molecule has 0 aromatic heterocycles. The van der Waals surface area contributed by atoms with Crippen molar-refractivity contribution in [1.29, 1.82) is 0 Å². The van der Waals surface area contributed by atoms with Crippen molar-refractivity contribution in [3.05, 3.63) is 69.7 Å². The molecule has 5 nitrogen and oxygen atoms in total. The van der Waals surface area contributed by atoms with E-state index in [4.69, 9.17) is 23.2 Å². The second-order valence-electron chi connectivity index (χ2n) is 4.56. The van der Waals surface area contributed by atoms with Gasteiger partial charge in [-0.1, -0.05) is 47.5 Å². The van der Waals surface area contributed by atoms with Crippen molar-refractivity contribution in [3.63, 3.8) is 0 Å². The van der Waals surface area contributed by atoms with E-state index in [0.29, 0.717) is 10.0 Å². The summed E-state index contributed by atoms with van der Waals surface area (Å²) in [7, 11) is 0. The van der Waals surface area contributed by atoms with Gasteiger partial charge in [-0.05, 0) is 35.4 Å². The zero-order chi connectivity index (χ0) is 16.7. The number of hydrogen-bond acceptors (Lipinski definition) is 3. The number of nitrogens with one attached hydrogen (secondary N) is 2. The summed E-state index contributed by atoms with van der Waals surface area (Å²) in [6.07, 6.45) is 1.42. The molecular formula is C16H13Cl2N3O2. The number of halogens is 2. The van der Waals surface area contributed by atoms with E-state index >= 15 is 0 Å². The topological polar surface area (TPSA) is 70.6 Å². The fourth-order valence-electron chi connectivity index (χ4n) is 1.63. The molecular weight excluding hydrogens is 337 g/mol. The van der Waals surface area contributed by atoms with Crippen LogP contribution in [0.1, 0.15) is 11.1 Å². The maximum Gasteiger partial charge on any atom is 0.329 e. The van der Waals surface area contributed by atoms with Gasteiger partial charge in [-0.2, -0.15) is 5.10 Å². The van der Waals surface area contributed by atoms with E-state index in [1.54, 1.807) is 48.5 Å². The molecule has 0 spiro atoms. The molecule has 2 N–H and O–H groups in total. The molecule has 2 amide bonds. The number of amides is 2. The molecule has 0 aliphatic carbocycles. The van der Waals surface area contributed by atoms with Crippen molar-refractivity contribution >= 4 is 41.2 Å². The molecule has 118 valence electrons. The van der Waals surface area contributed by atoms with Crippen LogP contribution < -0.4 is 10.7 Å². The van der Waals surface area contributed by atoms with Gasteiger partial charge in [0.25, 0.3) is 0 Å². The van der Waals surface area contributed by atoms with Crippen molar-refractivity contribution < 1.29 is 9.59 Å². The van der Waals surface area contributed by atoms with Gasteiger partial charge in [0.05, 0.1) is 6.21 Å². The molecule has 0 saturated carbocycles. The molecule has 23 heavy (non-hydrogen) atoms. The molecule has 0 bridgehead atoms. The normalized spacial score (nSPS) is 10.5. The predicted molar refractivity (Wildman–Crippen MR) is 90.5 cm³/mol. The first-order chi connectivity index (χ1) is 11.0. The van der Waals surface area contributed by atoms with Crippen molar-refractivity contribution in [2.24, 2.45) is 5.10 Å². The maximum atomic E-state index is 11.6. The Hall–Kier alpha value is -2.37. The third-order valence-electron chi connectivity index (χ3n) is 2.82. The number of rotatable bonds is 4. The Morgan fingerprint density at radius 1 is 0.913 bits per heavy atom. The molecule has 0 atom stereocenters. The number of hydrogen-bond donors (Lipinski definition) is 2. The summed E-state index contributed by atoms with van der Waals surface area (Å²) in [6.45, 7) is 0.227. The van der Waals surface area contributed by atoms with E-state index in [1.165, 1.54) is 6.21 Å². The first kappa shape index (κ1) is 17.0. The molecule has 2 rings (SSSR count). The SMILES string of the molecule is O=C(NCc1ccc(Cl)cc1)C(=O)N/N=C\c1ccc(Cl)cc1. The Balaban J connectivity index is 1.79. The average Bonchev–Trinajstić information content (AvgIpc) is 2.55. The lowest BCUT2D eigenvalue weighted by Gasteiger charge is -2.04. The van der Waals surface area contributed by atoms with Gasteiger partial charge in [0.1, 0.15) is 0 Å². The first-order valence-corrected chi connectivity index (χ1v) is 7.41. The number of carbonyl (C=O) groups excluding carboxylic acids is 2. The van der Waals surface area contributed by atoms with Crippen LogP contribution in [0.3, 0.4) is 0 Å². The Labute approximate surface area is 143 Å². The van der Waals surface area contributed by atoms with Gasteiger partial charge >= 0.3 is 11.8 Å². The summed E-state index contributed by atoms with van der Waals surface area (Å²) in [5.74, 6) is -1.61. The smallest absolute Gasteiger partial charge is 0.329 e. The van der Waals surface area contributed by atoms with Gasteiger partial charge in [-0.25, -0.2) is 5.43 Å². The Kier molecular flexibility index (Phi) is 6.14. The summed E-state index contributed by atoms with van der Waals surface area (Å²) in [5.41, 5.74) is 3.74. The summed E-state index contributed by atoms with van der Waals surface area (Å²) in [4.78, 5) is 23.2. The van der Waals surface area contributed by atoms with Crippen molar-refractivity contribution in [2.45, 2.75) is 6.54 Å². The molecule has 2 aromatic carbocycles. The standard InChI is InChI=1S/C16H13Cl2N3O2/c17-13-5-1-11(2-6-13)9-19-15(22)16(23)21-20-10-12-3-7-14(18)8-4-12/h1-8,10H,9H2,(H,19,22)(H,21,23)/b20-10-. The van der Waals surface area contributed by atoms with E-state index < -0.39 is 11.8 Å². The van der Waals surface area contributed by atoms with E-state index in [1.807, 2.05) is 0 Å². The lowest BCUT2D eigenvalue weighted by atomic mass is 10.2. The van der Waals surface area contributed by atoms with Crippen LogP contribution in [0.4, 0.5) is 0 Å². The second kappa shape index (κ2) is 8.31. The van der Waals surface area contributed by atoms with Crippen LogP contribution in [0.2, 0.25) is 10.0 Å². The third-order valence-corrected chi connectivity index (χ3v) is 3.33. The lowest BCUT2D eigenvalue weighted by Crippen LogP contribution is -2.37. The molecule has 0 fully saturated rings. The van der Waals surface area contributed by atoms with Crippen LogP contribution in [-0.4, -0.2) is 18.0 Å². The lowest BCUT2D eigenvalue weighted by molar-refractivity contribution is -0.139.